The molecule has 1 aliphatic carbocycles. The van der Waals surface area contributed by atoms with E-state index >= 15 is 0 Å². The van der Waals surface area contributed by atoms with Crippen molar-refractivity contribution in [3.63, 3.8) is 0 Å². The topological polar surface area (TPSA) is 72.7 Å². The highest BCUT2D eigenvalue weighted by molar-refractivity contribution is 5.95. The van der Waals surface area contributed by atoms with Crippen molar-refractivity contribution in [2.45, 2.75) is 38.1 Å². The minimum Gasteiger partial charge on any atom is -0.465 e. The number of hydrogen-bond acceptors (Lipinski definition) is 5. The van der Waals surface area contributed by atoms with Gasteiger partial charge in [0.05, 0.1) is 12.0 Å². The molecular formula is C16H20N2O4. The summed E-state index contributed by atoms with van der Waals surface area (Å²) in [6.45, 7) is 0.952. The van der Waals surface area contributed by atoms with Crippen molar-refractivity contribution in [2.24, 2.45) is 5.92 Å². The van der Waals surface area contributed by atoms with E-state index in [4.69, 9.17) is 0 Å². The van der Waals surface area contributed by atoms with Gasteiger partial charge in [-0.25, -0.2) is 4.79 Å². The zero-order valence-corrected chi connectivity index (χ0v) is 12.7. The number of carbonyl (C=O) groups excluding carboxylic acids is 1. The second kappa shape index (κ2) is 5.94. The Bertz CT molecular complexity index is 602. The van der Waals surface area contributed by atoms with E-state index in [9.17, 15) is 14.9 Å². The van der Waals surface area contributed by atoms with E-state index in [1.165, 1.54) is 32.4 Å². The molecule has 2 unspecified atom stereocenters. The summed E-state index contributed by atoms with van der Waals surface area (Å²) in [5.41, 5.74) is 0.722. The molecule has 1 saturated carbocycles. The van der Waals surface area contributed by atoms with Crippen LogP contribution in [0.1, 0.15) is 42.5 Å². The quantitative estimate of drug-likeness (QED) is 0.487. The maximum Gasteiger partial charge on any atom is 0.344 e. The largest absolute Gasteiger partial charge is 0.465 e. The van der Waals surface area contributed by atoms with Gasteiger partial charge in [-0.05, 0) is 37.3 Å². The third kappa shape index (κ3) is 2.53. The van der Waals surface area contributed by atoms with Crippen LogP contribution in [0.5, 0.6) is 0 Å². The molecule has 1 aromatic rings. The summed E-state index contributed by atoms with van der Waals surface area (Å²) in [6, 6.07) is 5.28. The van der Waals surface area contributed by atoms with Gasteiger partial charge < -0.3 is 9.64 Å². The van der Waals surface area contributed by atoms with E-state index in [0.29, 0.717) is 12.0 Å². The first kappa shape index (κ1) is 14.8. The molecule has 0 bridgehead atoms. The van der Waals surface area contributed by atoms with Crippen molar-refractivity contribution < 1.29 is 14.5 Å². The summed E-state index contributed by atoms with van der Waals surface area (Å²) in [5, 5.41) is 11.1. The molecule has 0 aromatic heterocycles. The number of hydrogen-bond donors (Lipinski definition) is 0. The van der Waals surface area contributed by atoms with Gasteiger partial charge in [-0.3, -0.25) is 10.1 Å². The molecule has 2 aliphatic rings. The fourth-order valence-corrected chi connectivity index (χ4v) is 3.86. The van der Waals surface area contributed by atoms with Gasteiger partial charge in [0.2, 0.25) is 0 Å². The Balaban J connectivity index is 1.94. The molecule has 0 radical (unpaired) electrons. The SMILES string of the molecule is COC(=O)c1cc(N2CCC3CCCCC32)ccc1[N+](=O)[O-]. The van der Waals surface area contributed by atoms with Crippen LogP contribution < -0.4 is 4.90 Å². The van der Waals surface area contributed by atoms with Gasteiger partial charge in [-0.2, -0.15) is 0 Å². The molecule has 22 heavy (non-hydrogen) atoms. The highest BCUT2D eigenvalue weighted by Crippen LogP contribution is 2.39. The molecule has 0 amide bonds. The van der Waals surface area contributed by atoms with E-state index in [2.05, 4.69) is 9.64 Å². The molecule has 2 fully saturated rings. The van der Waals surface area contributed by atoms with Crippen molar-refractivity contribution in [3.05, 3.63) is 33.9 Å². The number of benzene rings is 1. The van der Waals surface area contributed by atoms with Crippen LogP contribution in [-0.2, 0) is 4.74 Å². The Hall–Kier alpha value is -2.11. The number of esters is 1. The van der Waals surface area contributed by atoms with Crippen LogP contribution in [0.15, 0.2) is 18.2 Å². The van der Waals surface area contributed by atoms with Crippen molar-refractivity contribution in [1.29, 1.82) is 0 Å². The number of methoxy groups -OCH3 is 1. The molecule has 0 spiro atoms. The number of nitrogens with zero attached hydrogens (tertiary/aromatic N) is 2. The third-order valence-electron chi connectivity index (χ3n) is 4.92. The maximum absolute atomic E-state index is 11.8. The Morgan fingerprint density at radius 2 is 2.09 bits per heavy atom. The Kier molecular flexibility index (Phi) is 4.00. The van der Waals surface area contributed by atoms with E-state index in [-0.39, 0.29) is 11.3 Å². The summed E-state index contributed by atoms with van der Waals surface area (Å²) < 4.78 is 4.69. The van der Waals surface area contributed by atoms with Gasteiger partial charge in [-0.1, -0.05) is 12.8 Å². The van der Waals surface area contributed by atoms with Crippen molar-refractivity contribution in [1.82, 2.24) is 0 Å². The van der Waals surface area contributed by atoms with Crippen LogP contribution in [0.25, 0.3) is 0 Å². The number of carbonyl (C=O) groups is 1. The number of fused-ring (bicyclic) bond motifs is 1. The van der Waals surface area contributed by atoms with Crippen LogP contribution in [0, 0.1) is 16.0 Å². The first-order chi connectivity index (χ1) is 10.6. The van der Waals surface area contributed by atoms with Crippen LogP contribution in [0.3, 0.4) is 0 Å². The number of anilines is 1. The molecule has 0 N–H and O–H groups in total. The first-order valence-corrected chi connectivity index (χ1v) is 7.75. The Morgan fingerprint density at radius 1 is 1.32 bits per heavy atom. The molecule has 2 atom stereocenters. The summed E-state index contributed by atoms with van der Waals surface area (Å²) >= 11 is 0. The molecule has 3 rings (SSSR count). The number of nitro groups is 1. The lowest BCUT2D eigenvalue weighted by atomic mass is 9.85. The molecule has 1 aromatic carbocycles. The van der Waals surface area contributed by atoms with Crippen molar-refractivity contribution in [3.8, 4) is 0 Å². The van der Waals surface area contributed by atoms with Crippen LogP contribution >= 0.6 is 0 Å². The van der Waals surface area contributed by atoms with Gasteiger partial charge in [0.25, 0.3) is 5.69 Å². The van der Waals surface area contributed by atoms with Gasteiger partial charge in [-0.15, -0.1) is 0 Å². The molecule has 1 aliphatic heterocycles. The molecule has 6 nitrogen and oxygen atoms in total. The zero-order chi connectivity index (χ0) is 15.7. The van der Waals surface area contributed by atoms with E-state index in [1.807, 2.05) is 0 Å². The second-order valence-electron chi connectivity index (χ2n) is 6.04. The van der Waals surface area contributed by atoms with E-state index < -0.39 is 10.9 Å². The molecule has 6 heteroatoms. The van der Waals surface area contributed by atoms with Gasteiger partial charge >= 0.3 is 5.97 Å². The average molecular weight is 304 g/mol. The minimum atomic E-state index is -0.659. The summed E-state index contributed by atoms with van der Waals surface area (Å²) in [5.74, 6) is 0.0541. The second-order valence-corrected chi connectivity index (χ2v) is 6.04. The predicted octanol–water partition coefficient (Wildman–Crippen LogP) is 3.15. The number of ether oxygens (including phenoxy) is 1. The van der Waals surface area contributed by atoms with Gasteiger partial charge in [0, 0.05) is 24.3 Å². The van der Waals surface area contributed by atoms with E-state index in [1.54, 1.807) is 12.1 Å². The number of rotatable bonds is 3. The summed E-state index contributed by atoms with van der Waals surface area (Å²) in [6.07, 6.45) is 6.11. The van der Waals surface area contributed by atoms with Crippen LogP contribution in [0.4, 0.5) is 11.4 Å². The lowest BCUT2D eigenvalue weighted by Gasteiger charge is -2.33. The van der Waals surface area contributed by atoms with Crippen molar-refractivity contribution in [2.75, 3.05) is 18.6 Å². The smallest absolute Gasteiger partial charge is 0.344 e. The molecule has 1 saturated heterocycles. The fraction of sp³-hybridized carbons (Fsp3) is 0.562. The highest BCUT2D eigenvalue weighted by Gasteiger charge is 2.36. The molecule has 118 valence electrons. The normalized spacial score (nSPS) is 24.0. The van der Waals surface area contributed by atoms with Gasteiger partial charge in [0.1, 0.15) is 5.56 Å². The van der Waals surface area contributed by atoms with Crippen molar-refractivity contribution >= 4 is 17.3 Å². The Morgan fingerprint density at radius 3 is 2.82 bits per heavy atom. The predicted molar refractivity (Wildman–Crippen MR) is 82.1 cm³/mol. The highest BCUT2D eigenvalue weighted by atomic mass is 16.6. The minimum absolute atomic E-state index is 0.0317. The zero-order valence-electron chi connectivity index (χ0n) is 12.7. The standard InChI is InChI=1S/C16H20N2O4/c1-22-16(19)13-10-12(6-7-15(13)18(20)21)17-9-8-11-4-2-3-5-14(11)17/h6-7,10-11,14H,2-5,8-9H2,1H3. The Labute approximate surface area is 129 Å². The van der Waals surface area contributed by atoms with E-state index in [0.717, 1.165) is 25.1 Å². The first-order valence-electron chi connectivity index (χ1n) is 7.75. The molecule has 1 heterocycles. The number of nitro benzene ring substituents is 1. The monoisotopic (exact) mass is 304 g/mol. The van der Waals surface area contributed by atoms with Crippen LogP contribution in [0.2, 0.25) is 0 Å². The van der Waals surface area contributed by atoms with Gasteiger partial charge in [0.15, 0.2) is 0 Å². The summed E-state index contributed by atoms with van der Waals surface area (Å²) in [7, 11) is 1.24. The lowest BCUT2D eigenvalue weighted by molar-refractivity contribution is -0.385. The summed E-state index contributed by atoms with van der Waals surface area (Å²) in [4.78, 5) is 24.7. The maximum atomic E-state index is 11.8. The van der Waals surface area contributed by atoms with Crippen LogP contribution in [-0.4, -0.2) is 30.6 Å². The lowest BCUT2D eigenvalue weighted by Crippen LogP contribution is -2.34. The fourth-order valence-electron chi connectivity index (χ4n) is 3.86. The average Bonchev–Trinajstić information content (AvgIpc) is 2.97. The molecular weight excluding hydrogens is 284 g/mol. The third-order valence-corrected chi connectivity index (χ3v) is 4.92.